The molecule has 0 saturated carbocycles. The van der Waals surface area contributed by atoms with E-state index in [2.05, 4.69) is 18.7 Å². The molecule has 0 aromatic heterocycles. The third-order valence-electron chi connectivity index (χ3n) is 3.44. The van der Waals surface area contributed by atoms with Crippen LogP contribution in [0.3, 0.4) is 0 Å². The molecule has 1 heterocycles. The molecule has 0 amide bonds. The summed E-state index contributed by atoms with van der Waals surface area (Å²) in [6, 6.07) is 0.532. The molecule has 0 bridgehead atoms. The van der Waals surface area contributed by atoms with Gasteiger partial charge < -0.3 is 10.5 Å². The van der Waals surface area contributed by atoms with Crippen LogP contribution in [0.1, 0.15) is 33.1 Å². The molecule has 1 fully saturated rings. The van der Waals surface area contributed by atoms with Crippen LogP contribution in [0.4, 0.5) is 0 Å². The van der Waals surface area contributed by atoms with Crippen LogP contribution in [0.25, 0.3) is 0 Å². The molecule has 0 aromatic carbocycles. The first kappa shape index (κ1) is 12.0. The maximum absolute atomic E-state index is 5.76. The second-order valence-corrected chi connectivity index (χ2v) is 4.53. The Bertz CT molecular complexity index is 171. The van der Waals surface area contributed by atoms with Gasteiger partial charge in [0.1, 0.15) is 0 Å². The monoisotopic (exact) mass is 200 g/mol. The van der Waals surface area contributed by atoms with Crippen LogP contribution in [0.5, 0.6) is 0 Å². The predicted octanol–water partition coefficient (Wildman–Crippen LogP) is 1.22. The molecule has 0 aromatic rings. The van der Waals surface area contributed by atoms with E-state index >= 15 is 0 Å². The molecule has 0 radical (unpaired) electrons. The number of ether oxygens (including phenoxy) is 1. The SMILES string of the molecule is CCC(CN)N1CCCC(C)(OC)C1. The second-order valence-electron chi connectivity index (χ2n) is 4.53. The maximum atomic E-state index is 5.76. The Morgan fingerprint density at radius 1 is 1.57 bits per heavy atom. The van der Waals surface area contributed by atoms with E-state index in [1.807, 2.05) is 7.11 Å². The van der Waals surface area contributed by atoms with Crippen molar-refractivity contribution in [3.8, 4) is 0 Å². The number of piperidine rings is 1. The summed E-state index contributed by atoms with van der Waals surface area (Å²) in [4.78, 5) is 2.48. The van der Waals surface area contributed by atoms with E-state index in [0.29, 0.717) is 6.04 Å². The molecule has 2 atom stereocenters. The topological polar surface area (TPSA) is 38.5 Å². The Kier molecular flexibility index (Phi) is 4.35. The number of methoxy groups -OCH3 is 1. The highest BCUT2D eigenvalue weighted by atomic mass is 16.5. The average molecular weight is 200 g/mol. The van der Waals surface area contributed by atoms with Crippen LogP contribution in [-0.2, 0) is 4.74 Å². The van der Waals surface area contributed by atoms with Gasteiger partial charge in [-0.05, 0) is 32.7 Å². The summed E-state index contributed by atoms with van der Waals surface area (Å²) in [7, 11) is 1.81. The lowest BCUT2D eigenvalue weighted by Gasteiger charge is -2.42. The molecule has 1 aliphatic rings. The third-order valence-corrected chi connectivity index (χ3v) is 3.44. The first-order valence-corrected chi connectivity index (χ1v) is 5.64. The molecule has 0 aliphatic carbocycles. The van der Waals surface area contributed by atoms with Crippen molar-refractivity contribution in [1.29, 1.82) is 0 Å². The molecule has 2 unspecified atom stereocenters. The normalized spacial score (nSPS) is 31.7. The quantitative estimate of drug-likeness (QED) is 0.741. The molecule has 14 heavy (non-hydrogen) atoms. The number of rotatable bonds is 4. The van der Waals surface area contributed by atoms with E-state index in [-0.39, 0.29) is 5.60 Å². The molecule has 1 aliphatic heterocycles. The smallest absolute Gasteiger partial charge is 0.0777 e. The summed E-state index contributed by atoms with van der Waals surface area (Å²) in [5.74, 6) is 0. The fourth-order valence-electron chi connectivity index (χ4n) is 2.30. The Morgan fingerprint density at radius 2 is 2.29 bits per heavy atom. The molecule has 1 saturated heterocycles. The summed E-state index contributed by atoms with van der Waals surface area (Å²) >= 11 is 0. The number of likely N-dealkylation sites (tertiary alicyclic amines) is 1. The summed E-state index contributed by atoms with van der Waals surface area (Å²) in [5, 5.41) is 0. The van der Waals surface area contributed by atoms with Gasteiger partial charge in [-0.2, -0.15) is 0 Å². The summed E-state index contributed by atoms with van der Waals surface area (Å²) < 4.78 is 5.57. The van der Waals surface area contributed by atoms with Crippen LogP contribution < -0.4 is 5.73 Å². The molecule has 2 N–H and O–H groups in total. The van der Waals surface area contributed by atoms with E-state index < -0.39 is 0 Å². The van der Waals surface area contributed by atoms with Gasteiger partial charge in [0.05, 0.1) is 5.60 Å². The van der Waals surface area contributed by atoms with Gasteiger partial charge in [0.15, 0.2) is 0 Å². The number of nitrogens with zero attached hydrogens (tertiary/aromatic N) is 1. The Morgan fingerprint density at radius 3 is 2.79 bits per heavy atom. The van der Waals surface area contributed by atoms with E-state index in [9.17, 15) is 0 Å². The van der Waals surface area contributed by atoms with Gasteiger partial charge in [0.25, 0.3) is 0 Å². The molecule has 3 nitrogen and oxygen atoms in total. The van der Waals surface area contributed by atoms with Gasteiger partial charge in [-0.15, -0.1) is 0 Å². The van der Waals surface area contributed by atoms with Gasteiger partial charge in [-0.25, -0.2) is 0 Å². The van der Waals surface area contributed by atoms with Crippen molar-refractivity contribution < 1.29 is 4.74 Å². The fourth-order valence-corrected chi connectivity index (χ4v) is 2.30. The van der Waals surface area contributed by atoms with Crippen molar-refractivity contribution >= 4 is 0 Å². The minimum atomic E-state index is 0.0425. The Balaban J connectivity index is 2.54. The Hall–Kier alpha value is -0.120. The highest BCUT2D eigenvalue weighted by molar-refractivity contribution is 4.87. The van der Waals surface area contributed by atoms with E-state index in [1.54, 1.807) is 0 Å². The number of hydrogen-bond donors (Lipinski definition) is 1. The van der Waals surface area contributed by atoms with Crippen molar-refractivity contribution in [3.63, 3.8) is 0 Å². The zero-order valence-corrected chi connectivity index (χ0v) is 9.75. The minimum Gasteiger partial charge on any atom is -0.377 e. The van der Waals surface area contributed by atoms with Gasteiger partial charge in [-0.1, -0.05) is 6.92 Å². The van der Waals surface area contributed by atoms with Crippen LogP contribution in [0.2, 0.25) is 0 Å². The second kappa shape index (κ2) is 5.10. The van der Waals surface area contributed by atoms with E-state index in [0.717, 1.165) is 19.5 Å². The van der Waals surface area contributed by atoms with Crippen molar-refractivity contribution in [3.05, 3.63) is 0 Å². The van der Waals surface area contributed by atoms with Gasteiger partial charge in [0, 0.05) is 26.2 Å². The first-order chi connectivity index (χ1) is 6.65. The van der Waals surface area contributed by atoms with Crippen LogP contribution in [0.15, 0.2) is 0 Å². The van der Waals surface area contributed by atoms with Gasteiger partial charge in [-0.3, -0.25) is 4.90 Å². The predicted molar refractivity (Wildman–Crippen MR) is 59.4 cm³/mol. The number of hydrogen-bond acceptors (Lipinski definition) is 3. The lowest BCUT2D eigenvalue weighted by Crippen LogP contribution is -2.52. The highest BCUT2D eigenvalue weighted by Crippen LogP contribution is 2.25. The summed E-state index contributed by atoms with van der Waals surface area (Å²) in [6.07, 6.45) is 3.53. The molecule has 3 heteroatoms. The first-order valence-electron chi connectivity index (χ1n) is 5.64. The molecule has 0 spiro atoms. The molecule has 84 valence electrons. The maximum Gasteiger partial charge on any atom is 0.0777 e. The van der Waals surface area contributed by atoms with Crippen molar-refractivity contribution in [2.45, 2.75) is 44.8 Å². The van der Waals surface area contributed by atoms with Crippen molar-refractivity contribution in [1.82, 2.24) is 4.90 Å². The molecular formula is C11H24N2O. The highest BCUT2D eigenvalue weighted by Gasteiger charge is 2.32. The van der Waals surface area contributed by atoms with Crippen LogP contribution >= 0.6 is 0 Å². The fraction of sp³-hybridized carbons (Fsp3) is 1.00. The Labute approximate surface area is 87.6 Å². The lowest BCUT2D eigenvalue weighted by molar-refractivity contribution is -0.0606. The van der Waals surface area contributed by atoms with Crippen LogP contribution in [0, 0.1) is 0 Å². The zero-order valence-electron chi connectivity index (χ0n) is 9.75. The zero-order chi connectivity index (χ0) is 10.6. The lowest BCUT2D eigenvalue weighted by atomic mass is 9.93. The molecule has 1 rings (SSSR count). The van der Waals surface area contributed by atoms with E-state index in [4.69, 9.17) is 10.5 Å². The number of nitrogens with two attached hydrogens (primary N) is 1. The van der Waals surface area contributed by atoms with Crippen LogP contribution in [-0.4, -0.2) is 43.3 Å². The standard InChI is InChI=1S/C11H24N2O/c1-4-10(8-12)13-7-5-6-11(2,9-13)14-3/h10H,4-9,12H2,1-3H3. The van der Waals surface area contributed by atoms with Gasteiger partial charge >= 0.3 is 0 Å². The minimum absolute atomic E-state index is 0.0425. The largest absolute Gasteiger partial charge is 0.377 e. The summed E-state index contributed by atoms with van der Waals surface area (Å²) in [6.45, 7) is 7.36. The van der Waals surface area contributed by atoms with Gasteiger partial charge in [0.2, 0.25) is 0 Å². The van der Waals surface area contributed by atoms with Crippen molar-refractivity contribution in [2.75, 3.05) is 26.7 Å². The third kappa shape index (κ3) is 2.69. The summed E-state index contributed by atoms with van der Waals surface area (Å²) in [5.41, 5.74) is 5.80. The molecular weight excluding hydrogens is 176 g/mol. The van der Waals surface area contributed by atoms with Crippen molar-refractivity contribution in [2.24, 2.45) is 5.73 Å². The van der Waals surface area contributed by atoms with E-state index in [1.165, 1.54) is 19.4 Å². The average Bonchev–Trinajstić information content (AvgIpc) is 2.20.